The normalized spacial score (nSPS) is 15.9. The molecule has 4 aromatic rings. The summed E-state index contributed by atoms with van der Waals surface area (Å²) >= 11 is 0. The molecule has 1 atom stereocenters. The van der Waals surface area contributed by atoms with Crippen LogP contribution in [-0.2, 0) is 0 Å². The molecule has 0 spiro atoms. The molecule has 0 fully saturated rings. The second kappa shape index (κ2) is 13.1. The lowest BCUT2D eigenvalue weighted by atomic mass is 9.85. The quantitative estimate of drug-likeness (QED) is 0.176. The zero-order valence-corrected chi connectivity index (χ0v) is 29.1. The van der Waals surface area contributed by atoms with Crippen LogP contribution in [0, 0.1) is 13.8 Å². The monoisotopic (exact) mass is 602 g/mol. The van der Waals surface area contributed by atoms with Crippen LogP contribution in [0.2, 0.25) is 0 Å². The summed E-state index contributed by atoms with van der Waals surface area (Å²) in [5.41, 5.74) is 10.2. The minimum Gasteiger partial charge on any atom is -0.0914 e. The molecule has 2 heteroatoms. The van der Waals surface area contributed by atoms with Crippen LogP contribution in [-0.4, -0.2) is 22.6 Å². The number of benzene rings is 4. The smallest absolute Gasteiger partial charge is 0.0314 e. The van der Waals surface area contributed by atoms with Gasteiger partial charge in [0, 0.05) is 12.1 Å². The summed E-state index contributed by atoms with van der Waals surface area (Å²) in [6, 6.07) is 40.6. The molecule has 0 amide bonds. The van der Waals surface area contributed by atoms with Gasteiger partial charge in [-0.25, -0.2) is 0 Å². The highest BCUT2D eigenvalue weighted by Gasteiger charge is 2.39. The maximum absolute atomic E-state index is 2.60. The summed E-state index contributed by atoms with van der Waals surface area (Å²) in [7, 11) is -0.898. The van der Waals surface area contributed by atoms with E-state index in [1.165, 1.54) is 38.4 Å². The summed E-state index contributed by atoms with van der Waals surface area (Å²) in [6.45, 7) is 19.4. The molecule has 1 unspecified atom stereocenters. The zero-order chi connectivity index (χ0) is 30.8. The third kappa shape index (κ3) is 7.14. The minimum atomic E-state index is -0.583. The number of allylic oxidation sites excluding steroid dienone is 4. The lowest BCUT2D eigenvalue weighted by Gasteiger charge is -2.43. The van der Waals surface area contributed by atoms with Crippen LogP contribution in [0.25, 0.3) is 5.57 Å². The van der Waals surface area contributed by atoms with Gasteiger partial charge in [0.15, 0.2) is 0 Å². The van der Waals surface area contributed by atoms with Crippen LogP contribution >= 0.6 is 15.8 Å². The van der Waals surface area contributed by atoms with Gasteiger partial charge in [0.2, 0.25) is 0 Å². The lowest BCUT2D eigenvalue weighted by molar-refractivity contribution is 0.704. The Morgan fingerprint density at radius 1 is 0.558 bits per heavy atom. The van der Waals surface area contributed by atoms with E-state index in [1.54, 1.807) is 11.1 Å². The number of rotatable bonds is 8. The summed E-state index contributed by atoms with van der Waals surface area (Å²) in [5.74, 6) is 0.277. The predicted octanol–water partition coefficient (Wildman–Crippen LogP) is 11.0. The maximum atomic E-state index is 2.60. The van der Waals surface area contributed by atoms with Crippen molar-refractivity contribution in [1.82, 2.24) is 0 Å². The van der Waals surface area contributed by atoms with Gasteiger partial charge in [0.05, 0.1) is 0 Å². The Bertz CT molecular complexity index is 1540. The Kier molecular flexibility index (Phi) is 9.61. The molecule has 0 bridgehead atoms. The molecule has 1 aliphatic rings. The standard InChI is InChI=1S/C41H48P2/c1-30-19-15-17-25-37(30)42(38-26-18-16-20-31(38)2)28-34-27-35(32-21-11-9-12-22-32)39(33-23-13-10-14-24-33)36(34)29-43(40(3,4)5)41(6,7)8/h9-27,39H,28-29H2,1-8H3. The van der Waals surface area contributed by atoms with Gasteiger partial charge in [0.25, 0.3) is 0 Å². The molecule has 222 valence electrons. The molecule has 0 aromatic heterocycles. The molecule has 1 aliphatic carbocycles. The van der Waals surface area contributed by atoms with Crippen molar-refractivity contribution < 1.29 is 0 Å². The van der Waals surface area contributed by atoms with E-state index >= 15 is 0 Å². The van der Waals surface area contributed by atoms with Crippen LogP contribution in [0.3, 0.4) is 0 Å². The topological polar surface area (TPSA) is 0 Å². The fourth-order valence-electron chi connectivity index (χ4n) is 6.84. The number of hydrogen-bond donors (Lipinski definition) is 0. The highest BCUT2D eigenvalue weighted by molar-refractivity contribution is 7.73. The Morgan fingerprint density at radius 2 is 1.02 bits per heavy atom. The molecule has 4 aromatic carbocycles. The second-order valence-electron chi connectivity index (χ2n) is 13.9. The van der Waals surface area contributed by atoms with Crippen molar-refractivity contribution in [2.75, 3.05) is 12.3 Å². The first-order valence-electron chi connectivity index (χ1n) is 15.7. The molecule has 0 radical (unpaired) electrons. The van der Waals surface area contributed by atoms with Gasteiger partial charge in [-0.1, -0.05) is 170 Å². The molecule has 0 saturated heterocycles. The molecule has 0 saturated carbocycles. The third-order valence-electron chi connectivity index (χ3n) is 8.73. The molecule has 43 heavy (non-hydrogen) atoms. The van der Waals surface area contributed by atoms with Crippen molar-refractivity contribution in [1.29, 1.82) is 0 Å². The van der Waals surface area contributed by atoms with Gasteiger partial charge >= 0.3 is 0 Å². The fourth-order valence-corrected chi connectivity index (χ4v) is 13.3. The Hall–Kier alpha value is -2.78. The predicted molar refractivity (Wildman–Crippen MR) is 195 cm³/mol. The molecule has 0 nitrogen and oxygen atoms in total. The van der Waals surface area contributed by atoms with Crippen molar-refractivity contribution >= 4 is 32.0 Å². The Labute approximate surface area is 263 Å². The highest BCUT2D eigenvalue weighted by atomic mass is 31.1. The van der Waals surface area contributed by atoms with E-state index in [4.69, 9.17) is 0 Å². The first-order valence-corrected chi connectivity index (χ1v) is 18.7. The highest BCUT2D eigenvalue weighted by Crippen LogP contribution is 2.63. The molecule has 0 heterocycles. The first-order chi connectivity index (χ1) is 20.4. The van der Waals surface area contributed by atoms with E-state index in [0.717, 1.165) is 12.3 Å². The van der Waals surface area contributed by atoms with Gasteiger partial charge in [0.1, 0.15) is 0 Å². The summed E-state index contributed by atoms with van der Waals surface area (Å²) in [4.78, 5) is 0. The van der Waals surface area contributed by atoms with Crippen molar-refractivity contribution in [2.24, 2.45) is 0 Å². The Morgan fingerprint density at radius 3 is 1.51 bits per heavy atom. The first kappa shape index (κ1) is 31.6. The second-order valence-corrected chi connectivity index (χ2v) is 19.9. The molecule has 5 rings (SSSR count). The summed E-state index contributed by atoms with van der Waals surface area (Å²) in [5, 5.41) is 3.51. The van der Waals surface area contributed by atoms with E-state index in [0.29, 0.717) is 0 Å². The van der Waals surface area contributed by atoms with Crippen molar-refractivity contribution in [3.63, 3.8) is 0 Å². The van der Waals surface area contributed by atoms with Crippen LogP contribution in [0.4, 0.5) is 0 Å². The third-order valence-corrected chi connectivity index (χ3v) is 15.5. The Balaban J connectivity index is 1.75. The molecule has 0 N–H and O–H groups in total. The van der Waals surface area contributed by atoms with E-state index in [2.05, 4.69) is 171 Å². The van der Waals surface area contributed by atoms with Crippen LogP contribution in [0.1, 0.15) is 69.7 Å². The van der Waals surface area contributed by atoms with Gasteiger partial charge < -0.3 is 0 Å². The number of aryl methyl sites for hydroxylation is 2. The van der Waals surface area contributed by atoms with Gasteiger partial charge in [-0.2, -0.15) is 0 Å². The SMILES string of the molecule is Cc1ccccc1P(CC1=C(CP(C(C)(C)C)C(C)(C)C)C(c2ccccc2)C(c2ccccc2)=C1)c1ccccc1C. The average Bonchev–Trinajstić information content (AvgIpc) is 3.33. The molecular weight excluding hydrogens is 554 g/mol. The molecule has 0 aliphatic heterocycles. The van der Waals surface area contributed by atoms with E-state index in [-0.39, 0.29) is 24.2 Å². The van der Waals surface area contributed by atoms with E-state index < -0.39 is 7.92 Å². The summed E-state index contributed by atoms with van der Waals surface area (Å²) in [6.07, 6.45) is 4.83. The van der Waals surface area contributed by atoms with Crippen molar-refractivity contribution in [3.8, 4) is 0 Å². The van der Waals surface area contributed by atoms with Crippen LogP contribution in [0.5, 0.6) is 0 Å². The van der Waals surface area contributed by atoms with Crippen LogP contribution in [0.15, 0.2) is 126 Å². The molecular formula is C41H48P2. The maximum Gasteiger partial charge on any atom is 0.0314 e. The van der Waals surface area contributed by atoms with E-state index in [1.807, 2.05) is 0 Å². The summed E-state index contributed by atoms with van der Waals surface area (Å²) < 4.78 is 0. The van der Waals surface area contributed by atoms with Gasteiger partial charge in [-0.15, -0.1) is 0 Å². The average molecular weight is 603 g/mol. The van der Waals surface area contributed by atoms with Gasteiger partial charge in [-0.3, -0.25) is 0 Å². The van der Waals surface area contributed by atoms with E-state index in [9.17, 15) is 0 Å². The zero-order valence-electron chi connectivity index (χ0n) is 27.4. The largest absolute Gasteiger partial charge is 0.0914 e. The van der Waals surface area contributed by atoms with Crippen molar-refractivity contribution in [2.45, 2.75) is 71.6 Å². The fraction of sp³-hybridized carbons (Fsp3) is 0.317. The van der Waals surface area contributed by atoms with Gasteiger partial charge in [-0.05, 0) is 82.3 Å². The minimum absolute atomic E-state index is 0.249. The lowest BCUT2D eigenvalue weighted by Crippen LogP contribution is -2.28. The van der Waals surface area contributed by atoms with Crippen LogP contribution < -0.4 is 10.6 Å². The number of hydrogen-bond acceptors (Lipinski definition) is 0. The van der Waals surface area contributed by atoms with Crippen molar-refractivity contribution in [3.05, 3.63) is 149 Å².